The minimum Gasteiger partial charge on any atom is -0.481 e. The molecular weight excluding hydrogens is 445 g/mol. The van der Waals surface area contributed by atoms with E-state index in [1.54, 1.807) is 30.1 Å². The number of ether oxygens (including phenoxy) is 3. The highest BCUT2D eigenvalue weighted by atomic mass is 32.2. The molecule has 1 unspecified atom stereocenters. The van der Waals surface area contributed by atoms with Crippen molar-refractivity contribution in [2.24, 2.45) is 0 Å². The predicted molar refractivity (Wildman–Crippen MR) is 123 cm³/mol. The largest absolute Gasteiger partial charge is 0.481 e. The average Bonchev–Trinajstić information content (AvgIpc) is 3.32. The van der Waals surface area contributed by atoms with E-state index >= 15 is 0 Å². The van der Waals surface area contributed by atoms with Gasteiger partial charge in [0.2, 0.25) is 5.88 Å². The first-order valence-electron chi connectivity index (χ1n) is 11.0. The second-order valence-electron chi connectivity index (χ2n) is 8.28. The van der Waals surface area contributed by atoms with Gasteiger partial charge in [0.15, 0.2) is 5.75 Å². The van der Waals surface area contributed by atoms with Gasteiger partial charge in [0.05, 0.1) is 48.2 Å². The van der Waals surface area contributed by atoms with Gasteiger partial charge in [-0.3, -0.25) is 4.98 Å². The Morgan fingerprint density at radius 2 is 2.18 bits per heavy atom. The van der Waals surface area contributed by atoms with Gasteiger partial charge < -0.3 is 24.6 Å². The van der Waals surface area contributed by atoms with Crippen LogP contribution in [0.4, 0.5) is 4.39 Å². The van der Waals surface area contributed by atoms with E-state index < -0.39 is 6.10 Å². The van der Waals surface area contributed by atoms with Crippen LogP contribution in [0, 0.1) is 5.82 Å². The number of nitrogens with zero attached hydrogens (tertiary/aromatic N) is 2. The van der Waals surface area contributed by atoms with E-state index in [1.165, 1.54) is 13.2 Å². The van der Waals surface area contributed by atoms with Crippen LogP contribution >= 0.6 is 11.8 Å². The quantitative estimate of drug-likeness (QED) is 0.542. The first-order chi connectivity index (χ1) is 16.1. The average molecular weight is 472 g/mol. The molecule has 2 N–H and O–H groups in total. The number of aliphatic hydroxyl groups excluding tert-OH is 1. The minimum absolute atomic E-state index is 0.130. The number of hydrogen-bond acceptors (Lipinski definition) is 8. The van der Waals surface area contributed by atoms with Crippen LogP contribution in [-0.2, 0) is 17.7 Å². The fourth-order valence-corrected chi connectivity index (χ4v) is 5.06. The summed E-state index contributed by atoms with van der Waals surface area (Å²) in [7, 11) is 1.52. The minimum atomic E-state index is -0.825. The van der Waals surface area contributed by atoms with Crippen molar-refractivity contribution < 1.29 is 23.7 Å². The highest BCUT2D eigenvalue weighted by Gasteiger charge is 2.28. The van der Waals surface area contributed by atoms with Gasteiger partial charge in [-0.15, -0.1) is 0 Å². The lowest BCUT2D eigenvalue weighted by Crippen LogP contribution is -2.44. The van der Waals surface area contributed by atoms with Crippen molar-refractivity contribution in [3.8, 4) is 11.6 Å². The Kier molecular flexibility index (Phi) is 6.64. The lowest BCUT2D eigenvalue weighted by molar-refractivity contribution is -0.0719. The molecular formula is C24H26FN3O4S. The summed E-state index contributed by atoms with van der Waals surface area (Å²) in [5.41, 5.74) is 1.85. The Labute approximate surface area is 195 Å². The second kappa shape index (κ2) is 9.80. The second-order valence-corrected chi connectivity index (χ2v) is 9.24. The van der Waals surface area contributed by atoms with Gasteiger partial charge in [-0.25, -0.2) is 9.37 Å². The van der Waals surface area contributed by atoms with Crippen molar-refractivity contribution >= 4 is 22.7 Å². The third-order valence-corrected chi connectivity index (χ3v) is 7.00. The smallest absolute Gasteiger partial charge is 0.213 e. The van der Waals surface area contributed by atoms with Gasteiger partial charge >= 0.3 is 0 Å². The number of halogens is 1. The number of thioether (sulfide) groups is 1. The monoisotopic (exact) mass is 471 g/mol. The molecule has 0 aliphatic carbocycles. The van der Waals surface area contributed by atoms with Crippen molar-refractivity contribution in [3.05, 3.63) is 53.6 Å². The van der Waals surface area contributed by atoms with E-state index in [0.717, 1.165) is 28.1 Å². The summed E-state index contributed by atoms with van der Waals surface area (Å²) >= 11 is 1.67. The van der Waals surface area contributed by atoms with Crippen LogP contribution in [0.1, 0.15) is 24.1 Å². The fourth-order valence-electron chi connectivity index (χ4n) is 4.28. The van der Waals surface area contributed by atoms with Gasteiger partial charge in [0.25, 0.3) is 0 Å². The molecule has 1 aromatic carbocycles. The summed E-state index contributed by atoms with van der Waals surface area (Å²) in [6, 6.07) is 8.90. The van der Waals surface area contributed by atoms with Gasteiger partial charge in [0, 0.05) is 36.0 Å². The molecule has 4 heterocycles. The summed E-state index contributed by atoms with van der Waals surface area (Å²) in [6.07, 6.45) is 2.26. The van der Waals surface area contributed by atoms with Gasteiger partial charge in [-0.05, 0) is 37.1 Å². The number of nitrogens with one attached hydrogen (secondary N) is 1. The molecule has 7 nitrogen and oxygen atoms in total. The van der Waals surface area contributed by atoms with Crippen LogP contribution in [0.25, 0.3) is 10.9 Å². The lowest BCUT2D eigenvalue weighted by Gasteiger charge is -2.32. The van der Waals surface area contributed by atoms with Crippen LogP contribution < -0.4 is 14.8 Å². The number of fused-ring (bicyclic) bond motifs is 2. The maximum Gasteiger partial charge on any atom is 0.213 e. The van der Waals surface area contributed by atoms with Crippen LogP contribution in [0.15, 0.2) is 41.4 Å². The normalized spacial score (nSPS) is 20.9. The zero-order valence-corrected chi connectivity index (χ0v) is 19.1. The molecule has 0 saturated carbocycles. The number of pyridine rings is 2. The lowest BCUT2D eigenvalue weighted by atomic mass is 9.95. The Morgan fingerprint density at radius 3 is 3.00 bits per heavy atom. The number of aliphatic hydroxyl groups is 1. The van der Waals surface area contributed by atoms with Gasteiger partial charge in [0.1, 0.15) is 11.8 Å². The third-order valence-electron chi connectivity index (χ3n) is 6.14. The number of methoxy groups -OCH3 is 1. The Morgan fingerprint density at radius 1 is 1.30 bits per heavy atom. The summed E-state index contributed by atoms with van der Waals surface area (Å²) in [5, 5.41) is 15.1. The molecule has 3 aromatic rings. The maximum absolute atomic E-state index is 14.6. The standard InChI is InChI=1S/C24H26FN3O4S/c1-30-23-7-3-14-2-5-18(25)17(24(14)28-23)9-19(29)20-6-4-15(12-31-20)26-10-16-8-22-21(11-27-16)32-13-33-22/h2-3,5,7-8,11,15,19-20,26,29H,4,6,9-10,12-13H2,1H3/t15-,19?,20+/m1/s1. The zero-order chi connectivity index (χ0) is 22.8. The first kappa shape index (κ1) is 22.3. The molecule has 3 atom stereocenters. The highest BCUT2D eigenvalue weighted by molar-refractivity contribution is 7.99. The predicted octanol–water partition coefficient (Wildman–Crippen LogP) is 3.46. The van der Waals surface area contributed by atoms with Gasteiger partial charge in [-0.2, -0.15) is 0 Å². The number of hydrogen-bond donors (Lipinski definition) is 2. The highest BCUT2D eigenvalue weighted by Crippen LogP contribution is 2.35. The third kappa shape index (κ3) is 4.91. The Balaban J connectivity index is 1.17. The Bertz CT molecular complexity index is 1140. The fraction of sp³-hybridized carbons (Fsp3) is 0.417. The van der Waals surface area contributed by atoms with E-state index in [1.807, 2.05) is 6.07 Å². The zero-order valence-electron chi connectivity index (χ0n) is 18.3. The molecule has 0 spiro atoms. The van der Waals surface area contributed by atoms with E-state index in [4.69, 9.17) is 14.2 Å². The van der Waals surface area contributed by atoms with E-state index in [2.05, 4.69) is 21.4 Å². The molecule has 33 heavy (non-hydrogen) atoms. The number of rotatable bonds is 7. The summed E-state index contributed by atoms with van der Waals surface area (Å²) in [4.78, 5) is 9.96. The molecule has 1 fully saturated rings. The summed E-state index contributed by atoms with van der Waals surface area (Å²) < 4.78 is 31.2. The molecule has 2 aliphatic rings. The molecule has 0 amide bonds. The summed E-state index contributed by atoms with van der Waals surface area (Å²) in [5.74, 6) is 1.51. The van der Waals surface area contributed by atoms with Crippen molar-refractivity contribution in [2.45, 2.75) is 49.0 Å². The van der Waals surface area contributed by atoms with Crippen molar-refractivity contribution in [1.82, 2.24) is 15.3 Å². The molecule has 174 valence electrons. The van der Waals surface area contributed by atoms with Crippen molar-refractivity contribution in [1.29, 1.82) is 0 Å². The molecule has 5 rings (SSSR count). The summed E-state index contributed by atoms with van der Waals surface area (Å²) in [6.45, 7) is 1.12. The molecule has 9 heteroatoms. The molecule has 2 aliphatic heterocycles. The van der Waals surface area contributed by atoms with Crippen LogP contribution in [0.3, 0.4) is 0 Å². The molecule has 0 radical (unpaired) electrons. The van der Waals surface area contributed by atoms with Crippen molar-refractivity contribution in [3.63, 3.8) is 0 Å². The Hall–Kier alpha value is -2.46. The van der Waals surface area contributed by atoms with Crippen LogP contribution in [-0.4, -0.2) is 53.0 Å². The number of aromatic nitrogens is 2. The van der Waals surface area contributed by atoms with E-state index in [-0.39, 0.29) is 24.4 Å². The molecule has 2 aromatic heterocycles. The topological polar surface area (TPSA) is 85.7 Å². The molecule has 0 bridgehead atoms. The van der Waals surface area contributed by atoms with Crippen molar-refractivity contribution in [2.75, 3.05) is 19.7 Å². The van der Waals surface area contributed by atoms with E-state index in [0.29, 0.717) is 42.5 Å². The SMILES string of the molecule is COc1ccc2ccc(F)c(CC(O)[C@@H]3CC[C@@H](NCc4cc5c(cn4)OCS5)CO3)c2n1. The van der Waals surface area contributed by atoms with Gasteiger partial charge in [-0.1, -0.05) is 11.8 Å². The number of benzene rings is 1. The molecule has 1 saturated heterocycles. The van der Waals surface area contributed by atoms with Crippen LogP contribution in [0.2, 0.25) is 0 Å². The first-order valence-corrected chi connectivity index (χ1v) is 12.0. The van der Waals surface area contributed by atoms with Crippen LogP contribution in [0.5, 0.6) is 11.6 Å². The van der Waals surface area contributed by atoms with E-state index in [9.17, 15) is 9.50 Å². The maximum atomic E-state index is 14.6.